The third kappa shape index (κ3) is 5.84. The summed E-state index contributed by atoms with van der Waals surface area (Å²) in [6.45, 7) is 3.90. The summed E-state index contributed by atoms with van der Waals surface area (Å²) in [5, 5.41) is 0. The normalized spacial score (nSPS) is 11.7. The van der Waals surface area contributed by atoms with Crippen LogP contribution in [0.15, 0.2) is 66.7 Å². The van der Waals surface area contributed by atoms with Gasteiger partial charge in [-0.2, -0.15) is 0 Å². The molecule has 0 saturated carbocycles. The zero-order chi connectivity index (χ0) is 24.7. The van der Waals surface area contributed by atoms with Gasteiger partial charge in [-0.1, -0.05) is 59.7 Å². The molecule has 1 atom stereocenters. The molecule has 34 heavy (non-hydrogen) atoms. The van der Waals surface area contributed by atoms with Gasteiger partial charge >= 0.3 is 5.97 Å². The number of carbonyl (C=O) groups excluding carboxylic acids is 2. The molecule has 0 saturated heterocycles. The maximum atomic E-state index is 13.2. The summed E-state index contributed by atoms with van der Waals surface area (Å²) in [5.74, 6) is 0.426. The Morgan fingerprint density at radius 3 is 1.79 bits per heavy atom. The molecule has 3 aromatic rings. The molecule has 0 radical (unpaired) electrons. The molecule has 6 heteroatoms. The van der Waals surface area contributed by atoms with Crippen LogP contribution in [-0.4, -0.2) is 33.1 Å². The number of benzene rings is 3. The van der Waals surface area contributed by atoms with Crippen molar-refractivity contribution in [2.24, 2.45) is 0 Å². The average molecular weight is 461 g/mol. The summed E-state index contributed by atoms with van der Waals surface area (Å²) < 4.78 is 21.7. The minimum Gasteiger partial charge on any atom is -0.493 e. The second kappa shape index (κ2) is 11.2. The molecular formula is C28H28O6. The van der Waals surface area contributed by atoms with Gasteiger partial charge in [-0.15, -0.1) is 0 Å². The van der Waals surface area contributed by atoms with Gasteiger partial charge in [-0.25, -0.2) is 4.79 Å². The monoisotopic (exact) mass is 460 g/mol. The van der Waals surface area contributed by atoms with Crippen LogP contribution in [0.3, 0.4) is 0 Å². The van der Waals surface area contributed by atoms with E-state index in [-0.39, 0.29) is 5.78 Å². The Morgan fingerprint density at radius 1 is 0.765 bits per heavy atom. The summed E-state index contributed by atoms with van der Waals surface area (Å²) in [6, 6.07) is 17.9. The molecule has 0 spiro atoms. The van der Waals surface area contributed by atoms with Crippen molar-refractivity contribution in [1.29, 1.82) is 0 Å². The highest BCUT2D eigenvalue weighted by molar-refractivity contribution is 6.01. The molecule has 176 valence electrons. The van der Waals surface area contributed by atoms with E-state index in [0.717, 1.165) is 11.1 Å². The molecule has 0 N–H and O–H groups in total. The van der Waals surface area contributed by atoms with Crippen molar-refractivity contribution in [2.45, 2.75) is 20.0 Å². The zero-order valence-corrected chi connectivity index (χ0v) is 20.0. The van der Waals surface area contributed by atoms with Crippen molar-refractivity contribution >= 4 is 17.8 Å². The SMILES string of the molecule is COc1cc(/C=C/C(=O)O[C@@H](C(=O)c2ccc(C)cc2)c2ccc(C)cc2)cc(OC)c1OC. The molecule has 3 aromatic carbocycles. The summed E-state index contributed by atoms with van der Waals surface area (Å²) >= 11 is 0. The third-order valence-electron chi connectivity index (χ3n) is 5.29. The smallest absolute Gasteiger partial charge is 0.331 e. The van der Waals surface area contributed by atoms with E-state index in [0.29, 0.717) is 33.9 Å². The van der Waals surface area contributed by atoms with Gasteiger partial charge in [0.05, 0.1) is 21.3 Å². The van der Waals surface area contributed by atoms with E-state index in [1.165, 1.54) is 27.4 Å². The van der Waals surface area contributed by atoms with Crippen molar-refractivity contribution in [3.8, 4) is 17.2 Å². The number of hydrogen-bond donors (Lipinski definition) is 0. The van der Waals surface area contributed by atoms with E-state index in [9.17, 15) is 9.59 Å². The molecular weight excluding hydrogens is 432 g/mol. The lowest BCUT2D eigenvalue weighted by Crippen LogP contribution is -2.19. The molecule has 3 rings (SSSR count). The number of ether oxygens (including phenoxy) is 4. The Kier molecular flexibility index (Phi) is 8.09. The van der Waals surface area contributed by atoms with Crippen molar-refractivity contribution in [3.63, 3.8) is 0 Å². The van der Waals surface area contributed by atoms with Crippen molar-refractivity contribution < 1.29 is 28.5 Å². The second-order valence-corrected chi connectivity index (χ2v) is 7.75. The first-order chi connectivity index (χ1) is 16.4. The van der Waals surface area contributed by atoms with Crippen molar-refractivity contribution in [1.82, 2.24) is 0 Å². The molecule has 0 unspecified atom stereocenters. The molecule has 0 aliphatic heterocycles. The van der Waals surface area contributed by atoms with Crippen LogP contribution in [0.1, 0.15) is 38.7 Å². The second-order valence-electron chi connectivity index (χ2n) is 7.75. The maximum absolute atomic E-state index is 13.2. The predicted molar refractivity (Wildman–Crippen MR) is 131 cm³/mol. The van der Waals surface area contributed by atoms with Gasteiger partial charge in [0, 0.05) is 17.2 Å². The Morgan fingerprint density at radius 2 is 1.29 bits per heavy atom. The lowest BCUT2D eigenvalue weighted by molar-refractivity contribution is -0.141. The first kappa shape index (κ1) is 24.6. The number of aryl methyl sites for hydroxylation is 2. The lowest BCUT2D eigenvalue weighted by atomic mass is 9.98. The van der Waals surface area contributed by atoms with E-state index in [4.69, 9.17) is 18.9 Å². The first-order valence-electron chi connectivity index (χ1n) is 10.7. The van der Waals surface area contributed by atoms with Gasteiger partial charge < -0.3 is 18.9 Å². The van der Waals surface area contributed by atoms with Gasteiger partial charge in [0.1, 0.15) is 0 Å². The Bertz CT molecular complexity index is 1150. The average Bonchev–Trinajstić information content (AvgIpc) is 2.86. The van der Waals surface area contributed by atoms with E-state index in [2.05, 4.69) is 0 Å². The van der Waals surface area contributed by atoms with Gasteiger partial charge in [-0.05, 0) is 37.6 Å². The summed E-state index contributed by atoms with van der Waals surface area (Å²) in [5.41, 5.74) is 3.79. The molecule has 0 aliphatic carbocycles. The summed E-state index contributed by atoms with van der Waals surface area (Å²) in [6.07, 6.45) is 1.76. The number of hydrogen-bond acceptors (Lipinski definition) is 6. The first-order valence-corrected chi connectivity index (χ1v) is 10.7. The molecule has 0 heterocycles. The standard InChI is InChI=1S/C28H28O6/c1-18-6-11-21(12-7-18)26(30)27(22-13-8-19(2)9-14-22)34-25(29)15-10-20-16-23(31-3)28(33-5)24(17-20)32-4/h6-17,27H,1-5H3/b15-10+/t27-/m1/s1. The molecule has 0 fully saturated rings. The fourth-order valence-corrected chi connectivity index (χ4v) is 3.40. The van der Waals surface area contributed by atoms with Crippen LogP contribution in [0, 0.1) is 13.8 Å². The summed E-state index contributed by atoms with van der Waals surface area (Å²) in [7, 11) is 4.55. The summed E-state index contributed by atoms with van der Waals surface area (Å²) in [4.78, 5) is 26.0. The van der Waals surface area contributed by atoms with Gasteiger partial charge in [0.15, 0.2) is 17.6 Å². The zero-order valence-electron chi connectivity index (χ0n) is 20.0. The third-order valence-corrected chi connectivity index (χ3v) is 5.29. The Labute approximate surface area is 199 Å². The highest BCUT2D eigenvalue weighted by Gasteiger charge is 2.25. The topological polar surface area (TPSA) is 71.1 Å². The lowest BCUT2D eigenvalue weighted by Gasteiger charge is -2.17. The maximum Gasteiger partial charge on any atom is 0.331 e. The number of Topliss-reactive ketones (excluding diaryl/α,β-unsaturated/α-hetero) is 1. The largest absolute Gasteiger partial charge is 0.493 e. The van der Waals surface area contributed by atoms with Crippen molar-refractivity contribution in [3.05, 3.63) is 94.6 Å². The van der Waals surface area contributed by atoms with Gasteiger partial charge in [-0.3, -0.25) is 4.79 Å². The van der Waals surface area contributed by atoms with Crippen LogP contribution >= 0.6 is 0 Å². The van der Waals surface area contributed by atoms with Crippen LogP contribution in [0.25, 0.3) is 6.08 Å². The number of rotatable bonds is 9. The van der Waals surface area contributed by atoms with E-state index in [1.807, 2.05) is 38.1 Å². The quantitative estimate of drug-likeness (QED) is 0.238. The molecule has 0 amide bonds. The number of esters is 1. The van der Waals surface area contributed by atoms with Crippen LogP contribution in [0.5, 0.6) is 17.2 Å². The fraction of sp³-hybridized carbons (Fsp3) is 0.214. The molecule has 0 aliphatic rings. The Hall–Kier alpha value is -4.06. The number of ketones is 1. The van der Waals surface area contributed by atoms with Crippen LogP contribution < -0.4 is 14.2 Å². The van der Waals surface area contributed by atoms with E-state index < -0.39 is 12.1 Å². The predicted octanol–water partition coefficient (Wildman–Crippen LogP) is 5.51. The van der Waals surface area contributed by atoms with Gasteiger partial charge in [0.2, 0.25) is 11.5 Å². The van der Waals surface area contributed by atoms with Crippen molar-refractivity contribution in [2.75, 3.05) is 21.3 Å². The molecule has 0 bridgehead atoms. The van der Waals surface area contributed by atoms with Crippen LogP contribution in [0.2, 0.25) is 0 Å². The highest BCUT2D eigenvalue weighted by atomic mass is 16.5. The fourth-order valence-electron chi connectivity index (χ4n) is 3.40. The highest BCUT2D eigenvalue weighted by Crippen LogP contribution is 2.38. The van der Waals surface area contributed by atoms with Gasteiger partial charge in [0.25, 0.3) is 0 Å². The molecule has 6 nitrogen and oxygen atoms in total. The minimum atomic E-state index is -1.07. The number of carbonyl (C=O) groups is 2. The molecule has 0 aromatic heterocycles. The van der Waals surface area contributed by atoms with Crippen LogP contribution in [0.4, 0.5) is 0 Å². The number of methoxy groups -OCH3 is 3. The minimum absolute atomic E-state index is 0.293. The Balaban J connectivity index is 1.87. The van der Waals surface area contributed by atoms with E-state index in [1.54, 1.807) is 42.5 Å². The van der Waals surface area contributed by atoms with E-state index >= 15 is 0 Å². The van der Waals surface area contributed by atoms with Crippen LogP contribution in [-0.2, 0) is 9.53 Å².